The first-order valence-corrected chi connectivity index (χ1v) is 7.14. The fraction of sp³-hybridized carbons (Fsp3) is 0.533. The summed E-state index contributed by atoms with van der Waals surface area (Å²) in [7, 11) is 1.69. The third kappa shape index (κ3) is 2.82. The fourth-order valence-corrected chi connectivity index (χ4v) is 3.27. The van der Waals surface area contributed by atoms with Gasteiger partial charge in [-0.1, -0.05) is 23.7 Å². The molecule has 0 radical (unpaired) electrons. The molecule has 0 unspecified atom stereocenters. The molecule has 0 saturated heterocycles. The Morgan fingerprint density at radius 2 is 1.95 bits per heavy atom. The van der Waals surface area contributed by atoms with Crippen molar-refractivity contribution in [2.24, 2.45) is 5.73 Å². The predicted octanol–water partition coefficient (Wildman–Crippen LogP) is 2.58. The van der Waals surface area contributed by atoms with Gasteiger partial charge in [-0.25, -0.2) is 0 Å². The standard InChI is InChI=1S/C15H20ClNO3/c1-20-12-6-8-15(9-7-12,13(17)14(18)19)10-2-4-11(16)5-3-10/h2-5,12-13H,6-9,17H2,1H3,(H,18,19)/t12?,13-,15?/m1/s1. The van der Waals surface area contributed by atoms with Gasteiger partial charge in [0.15, 0.2) is 0 Å². The lowest BCUT2D eigenvalue weighted by Crippen LogP contribution is -2.53. The number of carboxylic acid groups (broad SMARTS) is 1. The van der Waals surface area contributed by atoms with E-state index in [0.717, 1.165) is 18.4 Å². The molecule has 2 rings (SSSR count). The zero-order valence-electron chi connectivity index (χ0n) is 11.5. The quantitative estimate of drug-likeness (QED) is 0.896. The minimum Gasteiger partial charge on any atom is -0.480 e. The molecule has 1 saturated carbocycles. The van der Waals surface area contributed by atoms with Crippen molar-refractivity contribution in [1.29, 1.82) is 0 Å². The number of aliphatic carboxylic acids is 1. The molecule has 0 amide bonds. The molecule has 1 aromatic rings. The van der Waals surface area contributed by atoms with Crippen LogP contribution in [0.1, 0.15) is 31.2 Å². The normalized spacial score (nSPS) is 28.1. The highest BCUT2D eigenvalue weighted by atomic mass is 35.5. The highest BCUT2D eigenvalue weighted by Gasteiger charge is 2.45. The Morgan fingerprint density at radius 3 is 2.40 bits per heavy atom. The molecular weight excluding hydrogens is 278 g/mol. The maximum Gasteiger partial charge on any atom is 0.321 e. The molecule has 1 aromatic carbocycles. The molecule has 1 fully saturated rings. The molecule has 20 heavy (non-hydrogen) atoms. The Hall–Kier alpha value is -1.10. The fourth-order valence-electron chi connectivity index (χ4n) is 3.14. The van der Waals surface area contributed by atoms with Gasteiger partial charge in [0.1, 0.15) is 6.04 Å². The summed E-state index contributed by atoms with van der Waals surface area (Å²) in [6.45, 7) is 0. The van der Waals surface area contributed by atoms with E-state index >= 15 is 0 Å². The lowest BCUT2D eigenvalue weighted by atomic mass is 9.64. The SMILES string of the molecule is COC1CCC(c2ccc(Cl)cc2)([C@H](N)C(=O)O)CC1. The van der Waals surface area contributed by atoms with Gasteiger partial charge in [-0.3, -0.25) is 4.79 Å². The van der Waals surface area contributed by atoms with E-state index in [1.165, 1.54) is 0 Å². The first kappa shape index (κ1) is 15.3. The van der Waals surface area contributed by atoms with Crippen LogP contribution in [-0.2, 0) is 14.9 Å². The second kappa shape index (κ2) is 6.12. The number of benzene rings is 1. The van der Waals surface area contributed by atoms with Crippen molar-refractivity contribution in [3.8, 4) is 0 Å². The Kier molecular flexibility index (Phi) is 4.68. The van der Waals surface area contributed by atoms with Crippen LogP contribution >= 0.6 is 11.6 Å². The van der Waals surface area contributed by atoms with Crippen molar-refractivity contribution >= 4 is 17.6 Å². The van der Waals surface area contributed by atoms with E-state index in [-0.39, 0.29) is 6.10 Å². The van der Waals surface area contributed by atoms with Gasteiger partial charge in [0.25, 0.3) is 0 Å². The smallest absolute Gasteiger partial charge is 0.321 e. The minimum atomic E-state index is -0.962. The molecule has 1 atom stereocenters. The third-order valence-electron chi connectivity index (χ3n) is 4.44. The van der Waals surface area contributed by atoms with Crippen molar-refractivity contribution in [1.82, 2.24) is 0 Å². The van der Waals surface area contributed by atoms with E-state index in [2.05, 4.69) is 0 Å². The van der Waals surface area contributed by atoms with Crippen LogP contribution in [0, 0.1) is 0 Å². The molecule has 4 nitrogen and oxygen atoms in total. The van der Waals surface area contributed by atoms with Crippen LogP contribution in [0.2, 0.25) is 5.02 Å². The minimum absolute atomic E-state index is 0.191. The number of hydrogen-bond acceptors (Lipinski definition) is 3. The average molecular weight is 298 g/mol. The van der Waals surface area contributed by atoms with E-state index in [9.17, 15) is 9.90 Å². The number of carbonyl (C=O) groups is 1. The van der Waals surface area contributed by atoms with Gasteiger partial charge >= 0.3 is 5.97 Å². The van der Waals surface area contributed by atoms with Crippen LogP contribution in [0.3, 0.4) is 0 Å². The zero-order chi connectivity index (χ0) is 14.8. The molecule has 110 valence electrons. The van der Waals surface area contributed by atoms with Crippen LogP contribution < -0.4 is 5.73 Å². The first-order chi connectivity index (χ1) is 9.49. The van der Waals surface area contributed by atoms with E-state index in [1.54, 1.807) is 19.2 Å². The molecule has 0 aliphatic heterocycles. The second-order valence-electron chi connectivity index (χ2n) is 5.41. The third-order valence-corrected chi connectivity index (χ3v) is 4.69. The Balaban J connectivity index is 2.35. The second-order valence-corrected chi connectivity index (χ2v) is 5.85. The number of hydrogen-bond donors (Lipinski definition) is 2. The van der Waals surface area contributed by atoms with Crippen molar-refractivity contribution in [3.63, 3.8) is 0 Å². The molecule has 1 aliphatic rings. The summed E-state index contributed by atoms with van der Waals surface area (Å²) >= 11 is 5.92. The van der Waals surface area contributed by atoms with Gasteiger partial charge in [-0.2, -0.15) is 0 Å². The molecule has 5 heteroatoms. The van der Waals surface area contributed by atoms with Crippen molar-refractivity contribution in [3.05, 3.63) is 34.9 Å². The van der Waals surface area contributed by atoms with E-state index in [4.69, 9.17) is 22.1 Å². The Labute approximate surface area is 123 Å². The number of halogens is 1. The van der Waals surface area contributed by atoms with Gasteiger partial charge < -0.3 is 15.6 Å². The number of carboxylic acids is 1. The number of nitrogens with two attached hydrogens (primary N) is 1. The van der Waals surface area contributed by atoms with Gasteiger partial charge in [0, 0.05) is 17.5 Å². The van der Waals surface area contributed by atoms with Gasteiger partial charge in [0.05, 0.1) is 6.10 Å². The van der Waals surface area contributed by atoms with Crippen LogP contribution in [0.5, 0.6) is 0 Å². The average Bonchev–Trinajstić information content (AvgIpc) is 2.47. The van der Waals surface area contributed by atoms with E-state index in [0.29, 0.717) is 17.9 Å². The summed E-state index contributed by atoms with van der Waals surface area (Å²) in [5.41, 5.74) is 6.42. The predicted molar refractivity (Wildman–Crippen MR) is 78.0 cm³/mol. The molecular formula is C15H20ClNO3. The summed E-state index contributed by atoms with van der Waals surface area (Å²) in [6, 6.07) is 6.43. The first-order valence-electron chi connectivity index (χ1n) is 6.77. The monoisotopic (exact) mass is 297 g/mol. The Bertz CT molecular complexity index is 467. The number of rotatable bonds is 4. The van der Waals surface area contributed by atoms with Crippen LogP contribution in [-0.4, -0.2) is 30.3 Å². The summed E-state index contributed by atoms with van der Waals surface area (Å²) in [4.78, 5) is 11.4. The summed E-state index contributed by atoms with van der Waals surface area (Å²) in [6.07, 6.45) is 3.25. The summed E-state index contributed by atoms with van der Waals surface area (Å²) in [5.74, 6) is -0.962. The molecule has 0 heterocycles. The Morgan fingerprint density at radius 1 is 1.40 bits per heavy atom. The molecule has 1 aliphatic carbocycles. The van der Waals surface area contributed by atoms with Crippen molar-refractivity contribution in [2.45, 2.75) is 43.2 Å². The lowest BCUT2D eigenvalue weighted by Gasteiger charge is -2.42. The van der Waals surface area contributed by atoms with Crippen LogP contribution in [0.15, 0.2) is 24.3 Å². The number of ether oxygens (including phenoxy) is 1. The van der Waals surface area contributed by atoms with Crippen molar-refractivity contribution in [2.75, 3.05) is 7.11 Å². The topological polar surface area (TPSA) is 72.5 Å². The van der Waals surface area contributed by atoms with Gasteiger partial charge in [-0.05, 0) is 43.4 Å². The van der Waals surface area contributed by atoms with Gasteiger partial charge in [0.2, 0.25) is 0 Å². The molecule has 0 aromatic heterocycles. The summed E-state index contributed by atoms with van der Waals surface area (Å²) in [5, 5.41) is 9.99. The molecule has 0 spiro atoms. The maximum absolute atomic E-state index is 11.4. The van der Waals surface area contributed by atoms with Crippen LogP contribution in [0.25, 0.3) is 0 Å². The van der Waals surface area contributed by atoms with Gasteiger partial charge in [-0.15, -0.1) is 0 Å². The van der Waals surface area contributed by atoms with Crippen LogP contribution in [0.4, 0.5) is 0 Å². The largest absolute Gasteiger partial charge is 0.480 e. The molecule has 0 bridgehead atoms. The highest BCUT2D eigenvalue weighted by molar-refractivity contribution is 6.30. The lowest BCUT2D eigenvalue weighted by molar-refractivity contribution is -0.141. The van der Waals surface area contributed by atoms with Crippen molar-refractivity contribution < 1.29 is 14.6 Å². The zero-order valence-corrected chi connectivity index (χ0v) is 12.3. The van der Waals surface area contributed by atoms with E-state index in [1.807, 2.05) is 12.1 Å². The molecule has 3 N–H and O–H groups in total. The highest BCUT2D eigenvalue weighted by Crippen LogP contribution is 2.42. The maximum atomic E-state index is 11.4. The number of methoxy groups -OCH3 is 1. The summed E-state index contributed by atoms with van der Waals surface area (Å²) < 4.78 is 5.37. The van der Waals surface area contributed by atoms with E-state index < -0.39 is 17.4 Å².